The highest BCUT2D eigenvalue weighted by Gasteiger charge is 2.35. The fourth-order valence-electron chi connectivity index (χ4n) is 2.28. The van der Waals surface area contributed by atoms with Gasteiger partial charge in [0, 0.05) is 25.2 Å². The topological polar surface area (TPSA) is 95.3 Å². The number of nitrogens with zero attached hydrogens (tertiary/aromatic N) is 3. The van der Waals surface area contributed by atoms with Gasteiger partial charge in [-0.3, -0.25) is 14.6 Å². The number of hydrogen-bond acceptors (Lipinski definition) is 5. The molecule has 7 heteroatoms. The summed E-state index contributed by atoms with van der Waals surface area (Å²) in [5, 5.41) is 0. The van der Waals surface area contributed by atoms with Gasteiger partial charge in [-0.05, 0) is 12.8 Å². The van der Waals surface area contributed by atoms with Gasteiger partial charge in [0.1, 0.15) is 5.82 Å². The Balaban J connectivity index is 1.77. The molecule has 2 heterocycles. The number of hydrogen-bond donors (Lipinski definition) is 2. The van der Waals surface area contributed by atoms with Crippen LogP contribution in [0.2, 0.25) is 0 Å². The van der Waals surface area contributed by atoms with E-state index in [1.807, 2.05) is 4.90 Å². The summed E-state index contributed by atoms with van der Waals surface area (Å²) in [5.74, 6) is 0.652. The maximum absolute atomic E-state index is 12.0. The number of carbonyl (C=O) groups is 1. The summed E-state index contributed by atoms with van der Waals surface area (Å²) in [5.41, 5.74) is 5.20. The van der Waals surface area contributed by atoms with Crippen LogP contribution >= 0.6 is 0 Å². The Kier molecular flexibility index (Phi) is 2.46. The summed E-state index contributed by atoms with van der Waals surface area (Å²) >= 11 is 0. The van der Waals surface area contributed by atoms with Crippen molar-refractivity contribution in [2.75, 3.05) is 30.3 Å². The summed E-state index contributed by atoms with van der Waals surface area (Å²) < 4.78 is 0. The number of H-pyrrole nitrogens is 1. The molecule has 18 heavy (non-hydrogen) atoms. The van der Waals surface area contributed by atoms with E-state index in [9.17, 15) is 9.59 Å². The molecular weight excluding hydrogens is 234 g/mol. The first kappa shape index (κ1) is 11.1. The summed E-state index contributed by atoms with van der Waals surface area (Å²) in [6.45, 7) is 1.66. The maximum Gasteiger partial charge on any atom is 0.254 e. The molecule has 1 aliphatic carbocycles. The molecule has 96 valence electrons. The van der Waals surface area contributed by atoms with Crippen LogP contribution < -0.4 is 16.2 Å². The van der Waals surface area contributed by atoms with Crippen LogP contribution in [0.3, 0.4) is 0 Å². The van der Waals surface area contributed by atoms with Gasteiger partial charge in [0.25, 0.3) is 5.56 Å². The Morgan fingerprint density at radius 3 is 2.72 bits per heavy atom. The molecule has 1 amide bonds. The Labute approximate surface area is 104 Å². The lowest BCUT2D eigenvalue weighted by molar-refractivity contribution is -0.131. The first-order chi connectivity index (χ1) is 8.63. The van der Waals surface area contributed by atoms with Crippen LogP contribution in [-0.4, -0.2) is 46.5 Å². The molecule has 7 nitrogen and oxygen atoms in total. The molecule has 1 aromatic rings. The van der Waals surface area contributed by atoms with Crippen molar-refractivity contribution in [2.45, 2.75) is 18.9 Å². The monoisotopic (exact) mass is 249 g/mol. The lowest BCUT2D eigenvalue weighted by Crippen LogP contribution is -2.51. The molecule has 3 rings (SSSR count). The molecule has 1 saturated carbocycles. The van der Waals surface area contributed by atoms with Crippen molar-refractivity contribution in [2.24, 2.45) is 0 Å². The fraction of sp³-hybridized carbons (Fsp3) is 0.545. The number of carbonyl (C=O) groups excluding carboxylic acids is 1. The van der Waals surface area contributed by atoms with Gasteiger partial charge < -0.3 is 15.5 Å². The quantitative estimate of drug-likeness (QED) is 0.712. The number of rotatable bonds is 2. The molecule has 1 saturated heterocycles. The van der Waals surface area contributed by atoms with Crippen LogP contribution in [0.1, 0.15) is 12.8 Å². The molecule has 0 atom stereocenters. The third kappa shape index (κ3) is 2.03. The number of aromatic nitrogens is 2. The Bertz CT molecular complexity index is 536. The summed E-state index contributed by atoms with van der Waals surface area (Å²) in [7, 11) is 0. The SMILES string of the molecule is Nc1nc(N2CCN(C3CC3)C(=O)C2)cc(=O)[nH]1. The largest absolute Gasteiger partial charge is 0.369 e. The van der Waals surface area contributed by atoms with E-state index >= 15 is 0 Å². The van der Waals surface area contributed by atoms with E-state index in [1.54, 1.807) is 4.90 Å². The molecular formula is C11H15N5O2. The highest BCUT2D eigenvalue weighted by molar-refractivity contribution is 5.83. The molecule has 0 radical (unpaired) electrons. The Hall–Kier alpha value is -2.05. The molecule has 3 N–H and O–H groups in total. The number of amides is 1. The zero-order valence-electron chi connectivity index (χ0n) is 9.93. The number of piperazine rings is 1. The van der Waals surface area contributed by atoms with Crippen molar-refractivity contribution in [3.63, 3.8) is 0 Å². The zero-order valence-corrected chi connectivity index (χ0v) is 9.93. The van der Waals surface area contributed by atoms with Crippen LogP contribution in [0, 0.1) is 0 Å². The minimum atomic E-state index is -0.297. The lowest BCUT2D eigenvalue weighted by Gasteiger charge is -2.35. The molecule has 0 spiro atoms. The van der Waals surface area contributed by atoms with Crippen molar-refractivity contribution in [3.8, 4) is 0 Å². The number of nitrogens with two attached hydrogens (primary N) is 1. The van der Waals surface area contributed by atoms with Crippen molar-refractivity contribution in [1.82, 2.24) is 14.9 Å². The fourth-order valence-corrected chi connectivity index (χ4v) is 2.28. The average molecular weight is 249 g/mol. The second-order valence-electron chi connectivity index (χ2n) is 4.73. The average Bonchev–Trinajstić information content (AvgIpc) is 3.11. The van der Waals surface area contributed by atoms with E-state index in [1.165, 1.54) is 6.07 Å². The molecule has 2 aliphatic rings. The van der Waals surface area contributed by atoms with Gasteiger partial charge in [0.15, 0.2) is 0 Å². The first-order valence-electron chi connectivity index (χ1n) is 6.05. The van der Waals surface area contributed by atoms with Gasteiger partial charge in [-0.15, -0.1) is 0 Å². The number of aromatic amines is 1. The van der Waals surface area contributed by atoms with Crippen LogP contribution in [0.4, 0.5) is 11.8 Å². The predicted octanol–water partition coefficient (Wildman–Crippen LogP) is -0.837. The van der Waals surface area contributed by atoms with Gasteiger partial charge in [-0.25, -0.2) is 0 Å². The number of anilines is 2. The van der Waals surface area contributed by atoms with E-state index in [-0.39, 0.29) is 24.0 Å². The standard InChI is InChI=1S/C11H15N5O2/c12-11-13-8(5-9(17)14-11)15-3-4-16(7-1-2-7)10(18)6-15/h5,7H,1-4,6H2,(H3,12,13,14,17). The van der Waals surface area contributed by atoms with Gasteiger partial charge in [0.05, 0.1) is 6.54 Å². The first-order valence-corrected chi connectivity index (χ1v) is 6.05. The van der Waals surface area contributed by atoms with Crippen LogP contribution in [-0.2, 0) is 4.79 Å². The van der Waals surface area contributed by atoms with Crippen molar-refractivity contribution >= 4 is 17.7 Å². The second kappa shape index (κ2) is 4.01. The van der Waals surface area contributed by atoms with E-state index in [4.69, 9.17) is 5.73 Å². The van der Waals surface area contributed by atoms with Crippen LogP contribution in [0.5, 0.6) is 0 Å². The van der Waals surface area contributed by atoms with Gasteiger partial charge >= 0.3 is 0 Å². The van der Waals surface area contributed by atoms with E-state index < -0.39 is 0 Å². The summed E-state index contributed by atoms with van der Waals surface area (Å²) in [6, 6.07) is 1.81. The molecule has 1 aliphatic heterocycles. The minimum Gasteiger partial charge on any atom is -0.369 e. The van der Waals surface area contributed by atoms with E-state index in [0.29, 0.717) is 24.9 Å². The molecule has 2 fully saturated rings. The molecule has 1 aromatic heterocycles. The van der Waals surface area contributed by atoms with Gasteiger partial charge in [0.2, 0.25) is 11.9 Å². The van der Waals surface area contributed by atoms with Gasteiger partial charge in [-0.1, -0.05) is 0 Å². The van der Waals surface area contributed by atoms with Crippen molar-refractivity contribution in [3.05, 3.63) is 16.4 Å². The maximum atomic E-state index is 12.0. The smallest absolute Gasteiger partial charge is 0.254 e. The van der Waals surface area contributed by atoms with Crippen molar-refractivity contribution < 1.29 is 4.79 Å². The van der Waals surface area contributed by atoms with E-state index in [0.717, 1.165) is 12.8 Å². The van der Waals surface area contributed by atoms with Crippen LogP contribution in [0.15, 0.2) is 10.9 Å². The highest BCUT2D eigenvalue weighted by atomic mass is 16.2. The van der Waals surface area contributed by atoms with E-state index in [2.05, 4.69) is 9.97 Å². The molecule has 0 unspecified atom stereocenters. The lowest BCUT2D eigenvalue weighted by atomic mass is 10.3. The molecule has 0 bridgehead atoms. The Morgan fingerprint density at radius 2 is 2.11 bits per heavy atom. The number of nitrogens with one attached hydrogen (secondary N) is 1. The third-order valence-corrected chi connectivity index (χ3v) is 3.32. The summed E-state index contributed by atoms with van der Waals surface area (Å²) in [4.78, 5) is 33.5. The zero-order chi connectivity index (χ0) is 12.7. The third-order valence-electron chi connectivity index (χ3n) is 3.32. The van der Waals surface area contributed by atoms with Crippen molar-refractivity contribution in [1.29, 1.82) is 0 Å². The van der Waals surface area contributed by atoms with Gasteiger partial charge in [-0.2, -0.15) is 4.98 Å². The summed E-state index contributed by atoms with van der Waals surface area (Å²) in [6.07, 6.45) is 2.23. The normalized spacial score (nSPS) is 20.3. The Morgan fingerprint density at radius 1 is 1.33 bits per heavy atom. The molecule has 0 aromatic carbocycles. The highest BCUT2D eigenvalue weighted by Crippen LogP contribution is 2.28. The van der Waals surface area contributed by atoms with Crippen LogP contribution in [0.25, 0.3) is 0 Å². The minimum absolute atomic E-state index is 0.0783. The number of nitrogen functional groups attached to an aromatic ring is 1. The second-order valence-corrected chi connectivity index (χ2v) is 4.73. The predicted molar refractivity (Wildman–Crippen MR) is 66.2 cm³/mol.